The first kappa shape index (κ1) is 17.0. The second-order valence-electron chi connectivity index (χ2n) is 6.30. The number of allylic oxidation sites excluding steroid dienone is 3. The molecule has 130 valence electrons. The summed E-state index contributed by atoms with van der Waals surface area (Å²) in [5, 5.41) is 4.29. The predicted molar refractivity (Wildman–Crippen MR) is 109 cm³/mol. The molecule has 3 aromatic rings. The van der Waals surface area contributed by atoms with Gasteiger partial charge in [0.25, 0.3) is 0 Å². The van der Waals surface area contributed by atoms with Crippen molar-refractivity contribution in [3.05, 3.63) is 94.0 Å². The highest BCUT2D eigenvalue weighted by atomic mass is 35.5. The molecule has 0 bridgehead atoms. The van der Waals surface area contributed by atoms with Gasteiger partial charge in [0.05, 0.1) is 21.1 Å². The van der Waals surface area contributed by atoms with Crippen molar-refractivity contribution < 1.29 is 0 Å². The standard InChI is InChI=1S/C21H17Cl2N3/c1-13-3-5-17(11-24-13)16-6-8-20-21(10-16)26(14(2)25-20)12-15-4-7-18(22)19(23)9-15/h3-11,24H,1,12H2,2H3. The zero-order valence-electron chi connectivity index (χ0n) is 14.3. The summed E-state index contributed by atoms with van der Waals surface area (Å²) < 4.78 is 2.19. The van der Waals surface area contributed by atoms with Crippen molar-refractivity contribution in [3.63, 3.8) is 0 Å². The number of fused-ring (bicyclic) bond motifs is 1. The molecule has 0 radical (unpaired) electrons. The van der Waals surface area contributed by atoms with Gasteiger partial charge in [-0.15, -0.1) is 0 Å². The van der Waals surface area contributed by atoms with Crippen molar-refractivity contribution in [2.24, 2.45) is 0 Å². The number of rotatable bonds is 3. The van der Waals surface area contributed by atoms with Crippen LogP contribution in [0.3, 0.4) is 0 Å². The molecule has 1 aromatic heterocycles. The summed E-state index contributed by atoms with van der Waals surface area (Å²) in [6.45, 7) is 6.60. The lowest BCUT2D eigenvalue weighted by Gasteiger charge is -2.12. The van der Waals surface area contributed by atoms with Crippen molar-refractivity contribution in [2.75, 3.05) is 0 Å². The molecular weight excluding hydrogens is 365 g/mol. The van der Waals surface area contributed by atoms with Crippen molar-refractivity contribution in [3.8, 4) is 0 Å². The van der Waals surface area contributed by atoms with Gasteiger partial charge in [-0.3, -0.25) is 0 Å². The number of aromatic nitrogens is 2. The Kier molecular flexibility index (Phi) is 4.35. The van der Waals surface area contributed by atoms with Crippen molar-refractivity contribution >= 4 is 39.8 Å². The van der Waals surface area contributed by atoms with Gasteiger partial charge in [0.1, 0.15) is 5.82 Å². The van der Waals surface area contributed by atoms with Gasteiger partial charge in [0, 0.05) is 18.4 Å². The van der Waals surface area contributed by atoms with Gasteiger partial charge < -0.3 is 9.88 Å². The first-order valence-corrected chi connectivity index (χ1v) is 9.02. The number of nitrogens with one attached hydrogen (secondary N) is 1. The van der Waals surface area contributed by atoms with Gasteiger partial charge >= 0.3 is 0 Å². The number of dihydropyridines is 1. The van der Waals surface area contributed by atoms with Crippen LogP contribution in [0.15, 0.2) is 67.0 Å². The van der Waals surface area contributed by atoms with E-state index in [9.17, 15) is 0 Å². The molecule has 5 heteroatoms. The van der Waals surface area contributed by atoms with Crippen LogP contribution in [0.5, 0.6) is 0 Å². The van der Waals surface area contributed by atoms with E-state index in [4.69, 9.17) is 23.2 Å². The van der Waals surface area contributed by atoms with Gasteiger partial charge in [-0.2, -0.15) is 0 Å². The third-order valence-electron chi connectivity index (χ3n) is 4.47. The first-order chi connectivity index (χ1) is 12.5. The van der Waals surface area contributed by atoms with Crippen LogP contribution in [0.25, 0.3) is 16.6 Å². The van der Waals surface area contributed by atoms with Gasteiger partial charge in [0.15, 0.2) is 0 Å². The topological polar surface area (TPSA) is 29.9 Å². The fraction of sp³-hybridized carbons (Fsp3) is 0.0952. The van der Waals surface area contributed by atoms with E-state index in [1.54, 1.807) is 0 Å². The summed E-state index contributed by atoms with van der Waals surface area (Å²) in [6.07, 6.45) is 6.00. The van der Waals surface area contributed by atoms with E-state index in [2.05, 4.69) is 45.7 Å². The Morgan fingerprint density at radius 1 is 1.08 bits per heavy atom. The maximum Gasteiger partial charge on any atom is 0.107 e. The van der Waals surface area contributed by atoms with E-state index in [-0.39, 0.29) is 0 Å². The molecule has 1 aliphatic rings. The van der Waals surface area contributed by atoms with Crippen LogP contribution in [-0.2, 0) is 6.54 Å². The number of benzene rings is 2. The molecule has 0 atom stereocenters. The maximum absolute atomic E-state index is 6.16. The summed E-state index contributed by atoms with van der Waals surface area (Å²) in [5.74, 6) is 0.961. The molecule has 1 N–H and O–H groups in total. The highest BCUT2D eigenvalue weighted by Gasteiger charge is 2.11. The molecule has 0 saturated carbocycles. The minimum absolute atomic E-state index is 0.565. The average molecular weight is 382 g/mol. The molecule has 0 aliphatic carbocycles. The average Bonchev–Trinajstić information content (AvgIpc) is 2.94. The van der Waals surface area contributed by atoms with E-state index in [0.29, 0.717) is 16.6 Å². The predicted octanol–water partition coefficient (Wildman–Crippen LogP) is 5.71. The van der Waals surface area contributed by atoms with Gasteiger partial charge in [-0.05, 0) is 54.0 Å². The zero-order chi connectivity index (χ0) is 18.3. The number of aryl methyl sites for hydroxylation is 1. The molecule has 0 fully saturated rings. The minimum Gasteiger partial charge on any atom is -0.362 e. The molecule has 0 unspecified atom stereocenters. The quantitative estimate of drug-likeness (QED) is 0.629. The lowest BCUT2D eigenvalue weighted by Crippen LogP contribution is -2.06. The molecular formula is C21H17Cl2N3. The van der Waals surface area contributed by atoms with Crippen molar-refractivity contribution in [1.82, 2.24) is 14.9 Å². The Labute approximate surface area is 162 Å². The number of hydrogen-bond donors (Lipinski definition) is 1. The number of hydrogen-bond acceptors (Lipinski definition) is 2. The first-order valence-electron chi connectivity index (χ1n) is 8.26. The van der Waals surface area contributed by atoms with Crippen LogP contribution in [0.1, 0.15) is 17.0 Å². The molecule has 26 heavy (non-hydrogen) atoms. The van der Waals surface area contributed by atoms with Crippen LogP contribution in [-0.4, -0.2) is 9.55 Å². The Bertz CT molecular complexity index is 1090. The summed E-state index contributed by atoms with van der Waals surface area (Å²) in [6, 6.07) is 12.0. The molecule has 4 rings (SSSR count). The maximum atomic E-state index is 6.16. The van der Waals surface area contributed by atoms with Crippen LogP contribution in [0.4, 0.5) is 0 Å². The Morgan fingerprint density at radius 2 is 1.92 bits per heavy atom. The Morgan fingerprint density at radius 3 is 2.65 bits per heavy atom. The number of nitrogens with zero attached hydrogens (tertiary/aromatic N) is 2. The van der Waals surface area contributed by atoms with Gasteiger partial charge in [-0.25, -0.2) is 4.98 Å². The monoisotopic (exact) mass is 381 g/mol. The van der Waals surface area contributed by atoms with Crippen LogP contribution in [0, 0.1) is 6.92 Å². The second kappa shape index (κ2) is 6.67. The van der Waals surface area contributed by atoms with E-state index in [1.807, 2.05) is 37.4 Å². The largest absolute Gasteiger partial charge is 0.362 e. The second-order valence-corrected chi connectivity index (χ2v) is 7.11. The molecule has 1 aliphatic heterocycles. The smallest absolute Gasteiger partial charge is 0.107 e. The van der Waals surface area contributed by atoms with Crippen LogP contribution >= 0.6 is 23.2 Å². The highest BCUT2D eigenvalue weighted by molar-refractivity contribution is 6.42. The molecule has 0 spiro atoms. The fourth-order valence-corrected chi connectivity index (χ4v) is 3.40. The molecule has 0 saturated heterocycles. The normalized spacial score (nSPS) is 13.8. The summed E-state index contributed by atoms with van der Waals surface area (Å²) in [4.78, 5) is 4.68. The SMILES string of the molecule is C=C1C=CC(c2ccc3nc(C)n(Cc4ccc(Cl)c(Cl)c4)c3c2)=CN1. The number of imidazole rings is 1. The third kappa shape index (κ3) is 3.16. The van der Waals surface area contributed by atoms with E-state index in [1.165, 1.54) is 0 Å². The molecule has 3 nitrogen and oxygen atoms in total. The Hall–Kier alpha value is -2.49. The fourth-order valence-electron chi connectivity index (χ4n) is 3.08. The molecule has 2 aromatic carbocycles. The van der Waals surface area contributed by atoms with Gasteiger partial charge in [-0.1, -0.05) is 48.0 Å². The van der Waals surface area contributed by atoms with Crippen LogP contribution < -0.4 is 5.32 Å². The molecule has 2 heterocycles. The van der Waals surface area contributed by atoms with E-state index in [0.717, 1.165) is 39.3 Å². The Balaban J connectivity index is 1.75. The van der Waals surface area contributed by atoms with Crippen molar-refractivity contribution in [2.45, 2.75) is 13.5 Å². The zero-order valence-corrected chi connectivity index (χ0v) is 15.8. The minimum atomic E-state index is 0.565. The highest BCUT2D eigenvalue weighted by Crippen LogP contribution is 2.27. The molecule has 0 amide bonds. The van der Waals surface area contributed by atoms with Crippen molar-refractivity contribution in [1.29, 1.82) is 0 Å². The summed E-state index contributed by atoms with van der Waals surface area (Å²) in [5.41, 5.74) is 6.27. The summed E-state index contributed by atoms with van der Waals surface area (Å²) >= 11 is 12.2. The van der Waals surface area contributed by atoms with Crippen LogP contribution in [0.2, 0.25) is 10.0 Å². The third-order valence-corrected chi connectivity index (χ3v) is 5.21. The number of halogens is 2. The summed E-state index contributed by atoms with van der Waals surface area (Å²) in [7, 11) is 0. The lowest BCUT2D eigenvalue weighted by molar-refractivity contribution is 0.786. The van der Waals surface area contributed by atoms with E-state index < -0.39 is 0 Å². The lowest BCUT2D eigenvalue weighted by atomic mass is 10.0. The van der Waals surface area contributed by atoms with Gasteiger partial charge in [0.2, 0.25) is 0 Å². The van der Waals surface area contributed by atoms with E-state index >= 15 is 0 Å².